The van der Waals surface area contributed by atoms with Gasteiger partial charge in [0.1, 0.15) is 11.9 Å². The molecular formula is C23H30ClN3O3. The van der Waals surface area contributed by atoms with Crippen LogP contribution in [0.15, 0.2) is 47.5 Å². The number of nitrogens with one attached hydrogen (secondary N) is 2. The van der Waals surface area contributed by atoms with E-state index in [1.807, 2.05) is 24.3 Å². The zero-order chi connectivity index (χ0) is 21.3. The van der Waals surface area contributed by atoms with E-state index in [1.165, 1.54) is 5.56 Å². The van der Waals surface area contributed by atoms with E-state index < -0.39 is 0 Å². The highest BCUT2D eigenvalue weighted by Crippen LogP contribution is 2.24. The first-order chi connectivity index (χ1) is 14.6. The molecule has 0 spiro atoms. The van der Waals surface area contributed by atoms with Crippen molar-refractivity contribution in [3.8, 4) is 5.75 Å². The molecule has 2 atom stereocenters. The molecule has 1 aliphatic rings. The lowest BCUT2D eigenvalue weighted by Crippen LogP contribution is -2.39. The average Bonchev–Trinajstić information content (AvgIpc) is 3.25. The highest BCUT2D eigenvalue weighted by atomic mass is 35.5. The quantitative estimate of drug-likeness (QED) is 0.490. The molecule has 7 heteroatoms. The van der Waals surface area contributed by atoms with Crippen molar-refractivity contribution in [3.63, 3.8) is 0 Å². The summed E-state index contributed by atoms with van der Waals surface area (Å²) in [5, 5.41) is 7.37. The third-order valence-electron chi connectivity index (χ3n) is 5.03. The second kappa shape index (κ2) is 11.2. The second-order valence-corrected chi connectivity index (χ2v) is 7.74. The van der Waals surface area contributed by atoms with Crippen molar-refractivity contribution in [3.05, 3.63) is 64.2 Å². The SMILES string of the molecule is CN=C(NCc1ccc(C)cc1OC1CCOC1)NCC(OC)c1cccc(Cl)c1. The van der Waals surface area contributed by atoms with Crippen LogP contribution >= 0.6 is 11.6 Å². The van der Waals surface area contributed by atoms with Crippen molar-refractivity contribution < 1.29 is 14.2 Å². The Morgan fingerprint density at radius 2 is 2.13 bits per heavy atom. The molecule has 1 fully saturated rings. The Bertz CT molecular complexity index is 853. The zero-order valence-corrected chi connectivity index (χ0v) is 18.5. The Morgan fingerprint density at radius 3 is 2.83 bits per heavy atom. The molecule has 0 bridgehead atoms. The minimum atomic E-state index is -0.136. The molecule has 162 valence electrons. The lowest BCUT2D eigenvalue weighted by atomic mass is 10.1. The van der Waals surface area contributed by atoms with Crippen LogP contribution in [0.3, 0.4) is 0 Å². The van der Waals surface area contributed by atoms with Crippen molar-refractivity contribution in [2.45, 2.75) is 32.1 Å². The lowest BCUT2D eigenvalue weighted by molar-refractivity contribution is 0.106. The maximum atomic E-state index is 6.18. The monoisotopic (exact) mass is 431 g/mol. The van der Waals surface area contributed by atoms with Crippen LogP contribution in [0.4, 0.5) is 0 Å². The Morgan fingerprint density at radius 1 is 1.27 bits per heavy atom. The molecule has 2 unspecified atom stereocenters. The number of halogens is 1. The molecular weight excluding hydrogens is 402 g/mol. The number of hydrogen-bond donors (Lipinski definition) is 2. The fourth-order valence-corrected chi connectivity index (χ4v) is 3.53. The number of hydrogen-bond acceptors (Lipinski definition) is 4. The van der Waals surface area contributed by atoms with E-state index in [-0.39, 0.29) is 12.2 Å². The first kappa shape index (κ1) is 22.4. The van der Waals surface area contributed by atoms with E-state index >= 15 is 0 Å². The van der Waals surface area contributed by atoms with Crippen LogP contribution < -0.4 is 15.4 Å². The summed E-state index contributed by atoms with van der Waals surface area (Å²) in [6.45, 7) is 4.63. The van der Waals surface area contributed by atoms with Crippen LogP contribution in [0.2, 0.25) is 5.02 Å². The smallest absolute Gasteiger partial charge is 0.191 e. The first-order valence-electron chi connectivity index (χ1n) is 10.2. The van der Waals surface area contributed by atoms with Crippen LogP contribution in [-0.2, 0) is 16.0 Å². The summed E-state index contributed by atoms with van der Waals surface area (Å²) in [6.07, 6.45) is 0.900. The molecule has 1 heterocycles. The Kier molecular flexibility index (Phi) is 8.37. The molecule has 0 radical (unpaired) electrons. The number of aliphatic imine (C=N–C) groups is 1. The summed E-state index contributed by atoms with van der Waals surface area (Å²) in [7, 11) is 3.44. The maximum Gasteiger partial charge on any atom is 0.191 e. The van der Waals surface area contributed by atoms with E-state index in [9.17, 15) is 0 Å². The Labute approximate surface area is 183 Å². The van der Waals surface area contributed by atoms with Crippen molar-refractivity contribution in [2.75, 3.05) is 33.9 Å². The van der Waals surface area contributed by atoms with Gasteiger partial charge in [0.05, 0.1) is 19.3 Å². The molecule has 30 heavy (non-hydrogen) atoms. The molecule has 2 aromatic carbocycles. The van der Waals surface area contributed by atoms with Gasteiger partial charge in [-0.15, -0.1) is 0 Å². The number of rotatable bonds is 8. The minimum Gasteiger partial charge on any atom is -0.488 e. The molecule has 2 N–H and O–H groups in total. The first-order valence-corrected chi connectivity index (χ1v) is 10.5. The van der Waals surface area contributed by atoms with Crippen molar-refractivity contribution in [1.29, 1.82) is 0 Å². The van der Waals surface area contributed by atoms with Gasteiger partial charge in [0.15, 0.2) is 5.96 Å². The minimum absolute atomic E-state index is 0.114. The fraction of sp³-hybridized carbons (Fsp3) is 0.435. The maximum absolute atomic E-state index is 6.18. The van der Waals surface area contributed by atoms with Crippen LogP contribution in [0.5, 0.6) is 5.75 Å². The molecule has 2 aromatic rings. The zero-order valence-electron chi connectivity index (χ0n) is 17.8. The van der Waals surface area contributed by atoms with E-state index in [0.29, 0.717) is 30.7 Å². The summed E-state index contributed by atoms with van der Waals surface area (Å²) in [4.78, 5) is 4.32. The van der Waals surface area contributed by atoms with E-state index in [4.69, 9.17) is 25.8 Å². The summed E-state index contributed by atoms with van der Waals surface area (Å²) < 4.78 is 17.2. The van der Waals surface area contributed by atoms with Gasteiger partial charge < -0.3 is 24.8 Å². The average molecular weight is 432 g/mol. The summed E-state index contributed by atoms with van der Waals surface area (Å²) in [5.41, 5.74) is 3.26. The lowest BCUT2D eigenvalue weighted by Gasteiger charge is -2.20. The van der Waals surface area contributed by atoms with Crippen molar-refractivity contribution >= 4 is 17.6 Å². The van der Waals surface area contributed by atoms with Gasteiger partial charge in [0.2, 0.25) is 0 Å². The van der Waals surface area contributed by atoms with Gasteiger partial charge in [-0.3, -0.25) is 4.99 Å². The van der Waals surface area contributed by atoms with Crippen LogP contribution in [0.1, 0.15) is 29.2 Å². The summed E-state index contributed by atoms with van der Waals surface area (Å²) in [6, 6.07) is 13.9. The van der Waals surface area contributed by atoms with Gasteiger partial charge in [0, 0.05) is 44.3 Å². The number of guanidine groups is 1. The number of ether oxygens (including phenoxy) is 3. The normalized spacial score (nSPS) is 17.6. The van der Waals surface area contributed by atoms with Crippen molar-refractivity contribution in [1.82, 2.24) is 10.6 Å². The molecule has 6 nitrogen and oxygen atoms in total. The fourth-order valence-electron chi connectivity index (χ4n) is 3.34. The highest BCUT2D eigenvalue weighted by molar-refractivity contribution is 6.30. The van der Waals surface area contributed by atoms with Gasteiger partial charge in [-0.1, -0.05) is 35.9 Å². The standard InChI is InChI=1S/C23H30ClN3O3/c1-16-7-8-18(21(11-16)30-20-9-10-29-15-20)13-26-23(25-2)27-14-22(28-3)17-5-4-6-19(24)12-17/h4-8,11-12,20,22H,9-10,13-15H2,1-3H3,(H2,25,26,27). The third-order valence-corrected chi connectivity index (χ3v) is 5.27. The number of nitrogens with zero attached hydrogens (tertiary/aromatic N) is 1. The molecule has 1 saturated heterocycles. The molecule has 0 amide bonds. The number of aryl methyl sites for hydroxylation is 1. The largest absolute Gasteiger partial charge is 0.488 e. The molecule has 0 aromatic heterocycles. The van der Waals surface area contributed by atoms with Crippen LogP contribution in [-0.4, -0.2) is 46.0 Å². The Balaban J connectivity index is 1.58. The van der Waals surface area contributed by atoms with Crippen molar-refractivity contribution in [2.24, 2.45) is 4.99 Å². The number of benzene rings is 2. The van der Waals surface area contributed by atoms with Crippen LogP contribution in [0.25, 0.3) is 0 Å². The molecule has 0 saturated carbocycles. The van der Waals surface area contributed by atoms with Gasteiger partial charge >= 0.3 is 0 Å². The van der Waals surface area contributed by atoms with E-state index in [1.54, 1.807) is 14.2 Å². The summed E-state index contributed by atoms with van der Waals surface area (Å²) in [5.74, 6) is 1.58. The van der Waals surface area contributed by atoms with Gasteiger partial charge in [0.25, 0.3) is 0 Å². The second-order valence-electron chi connectivity index (χ2n) is 7.30. The summed E-state index contributed by atoms with van der Waals surface area (Å²) >= 11 is 6.11. The number of methoxy groups -OCH3 is 1. The Hall–Kier alpha value is -2.28. The van der Waals surface area contributed by atoms with E-state index in [2.05, 4.69) is 40.7 Å². The van der Waals surface area contributed by atoms with E-state index in [0.717, 1.165) is 29.9 Å². The third kappa shape index (κ3) is 6.36. The van der Waals surface area contributed by atoms with Gasteiger partial charge in [-0.05, 0) is 36.2 Å². The topological polar surface area (TPSA) is 64.1 Å². The highest BCUT2D eigenvalue weighted by Gasteiger charge is 2.19. The predicted octanol–water partition coefficient (Wildman–Crippen LogP) is 3.87. The van der Waals surface area contributed by atoms with Gasteiger partial charge in [-0.25, -0.2) is 0 Å². The predicted molar refractivity (Wildman–Crippen MR) is 120 cm³/mol. The van der Waals surface area contributed by atoms with Gasteiger partial charge in [-0.2, -0.15) is 0 Å². The molecule has 0 aliphatic carbocycles. The van der Waals surface area contributed by atoms with Crippen LogP contribution in [0, 0.1) is 6.92 Å². The molecule has 1 aliphatic heterocycles. The molecule has 3 rings (SSSR count).